The first-order valence-electron chi connectivity index (χ1n) is 9.46. The van der Waals surface area contributed by atoms with Crippen LogP contribution < -0.4 is 10.5 Å². The van der Waals surface area contributed by atoms with Gasteiger partial charge in [-0.2, -0.15) is 0 Å². The lowest BCUT2D eigenvalue weighted by Gasteiger charge is -2.18. The Hall–Kier alpha value is -2.81. The van der Waals surface area contributed by atoms with E-state index >= 15 is 0 Å². The summed E-state index contributed by atoms with van der Waals surface area (Å²) in [5.74, 6) is -0.396. The van der Waals surface area contributed by atoms with Crippen molar-refractivity contribution < 1.29 is 18.3 Å². The molecule has 0 saturated heterocycles. The number of pyridine rings is 1. The van der Waals surface area contributed by atoms with Gasteiger partial charge >= 0.3 is 0 Å². The first kappa shape index (κ1) is 22.4. The molecule has 1 atom stereocenters. The molecule has 1 unspecified atom stereocenters. The molecule has 10 heteroatoms. The number of hydrogen-bond donors (Lipinski definition) is 1. The third kappa shape index (κ3) is 3.90. The maximum Gasteiger partial charge on any atom is 0.263 e. The maximum absolute atomic E-state index is 14.0. The zero-order chi connectivity index (χ0) is 23.2. The predicted octanol–water partition coefficient (Wildman–Crippen LogP) is 6.43. The van der Waals surface area contributed by atoms with E-state index in [1.54, 1.807) is 39.5 Å². The second-order valence-electron chi connectivity index (χ2n) is 7.25. The van der Waals surface area contributed by atoms with Gasteiger partial charge < -0.3 is 19.8 Å². The van der Waals surface area contributed by atoms with Crippen molar-refractivity contribution in [1.29, 1.82) is 0 Å². The number of nitrogen functional groups attached to an aromatic ring is 1. The lowest BCUT2D eigenvalue weighted by molar-refractivity contribution is 0.0832. The number of thiophene rings is 1. The van der Waals surface area contributed by atoms with Crippen molar-refractivity contribution in [2.75, 3.05) is 19.8 Å². The summed E-state index contributed by atoms with van der Waals surface area (Å²) in [5.41, 5.74) is 7.47. The standard InChI is InChI=1S/C22H18Cl2FN3O3S/c1-10(17-13(23)4-5-14(25)18(17)24)31-20-19-11(8-27-21(20)26)12(9-30-19)15-6-7-16(32-15)22(29)28(2)3/h4-10H,1-3H3,(H2,26,27). The number of furan rings is 1. The molecule has 6 nitrogen and oxygen atoms in total. The Morgan fingerprint density at radius 2 is 2.03 bits per heavy atom. The Labute approximate surface area is 197 Å². The fourth-order valence-electron chi connectivity index (χ4n) is 3.25. The van der Waals surface area contributed by atoms with Gasteiger partial charge in [-0.05, 0) is 31.2 Å². The Morgan fingerprint density at radius 3 is 2.75 bits per heavy atom. The second-order valence-corrected chi connectivity index (χ2v) is 9.11. The molecule has 2 N–H and O–H groups in total. The van der Waals surface area contributed by atoms with Crippen LogP contribution in [0.3, 0.4) is 0 Å². The highest BCUT2D eigenvalue weighted by Gasteiger charge is 2.24. The molecule has 0 fully saturated rings. The van der Waals surface area contributed by atoms with Gasteiger partial charge in [-0.15, -0.1) is 11.3 Å². The average Bonchev–Trinajstić information content (AvgIpc) is 3.39. The van der Waals surface area contributed by atoms with Gasteiger partial charge in [0.05, 0.1) is 15.3 Å². The van der Waals surface area contributed by atoms with E-state index in [1.807, 2.05) is 6.07 Å². The normalized spacial score (nSPS) is 12.2. The Bertz CT molecular complexity index is 1340. The van der Waals surface area contributed by atoms with E-state index in [2.05, 4.69) is 4.98 Å². The summed E-state index contributed by atoms with van der Waals surface area (Å²) >= 11 is 13.7. The van der Waals surface area contributed by atoms with E-state index in [0.29, 0.717) is 21.4 Å². The van der Waals surface area contributed by atoms with Gasteiger partial charge in [0, 0.05) is 41.3 Å². The third-order valence-corrected chi connectivity index (χ3v) is 6.69. The highest BCUT2D eigenvalue weighted by Crippen LogP contribution is 2.42. The zero-order valence-electron chi connectivity index (χ0n) is 17.3. The molecule has 1 amide bonds. The monoisotopic (exact) mass is 493 g/mol. The summed E-state index contributed by atoms with van der Waals surface area (Å²) < 4.78 is 25.8. The molecular formula is C22H18Cl2FN3O3S. The van der Waals surface area contributed by atoms with Gasteiger partial charge in [0.25, 0.3) is 5.91 Å². The number of carbonyl (C=O) groups excluding carboxylic acids is 1. The van der Waals surface area contributed by atoms with E-state index < -0.39 is 11.9 Å². The topological polar surface area (TPSA) is 81.6 Å². The van der Waals surface area contributed by atoms with E-state index in [0.717, 1.165) is 10.4 Å². The molecule has 4 aromatic rings. The molecule has 0 bridgehead atoms. The minimum absolute atomic E-state index is 0.0851. The van der Waals surface area contributed by atoms with Crippen LogP contribution in [0.2, 0.25) is 10.0 Å². The molecule has 4 rings (SSSR count). The quantitative estimate of drug-likeness (QED) is 0.324. The molecule has 0 saturated carbocycles. The first-order valence-corrected chi connectivity index (χ1v) is 11.0. The van der Waals surface area contributed by atoms with Crippen LogP contribution in [0, 0.1) is 5.82 Å². The highest BCUT2D eigenvalue weighted by molar-refractivity contribution is 7.17. The number of hydrogen-bond acceptors (Lipinski definition) is 6. The summed E-state index contributed by atoms with van der Waals surface area (Å²) in [7, 11) is 3.40. The van der Waals surface area contributed by atoms with Gasteiger partial charge in [0.2, 0.25) is 5.75 Å². The Kier molecular flexibility index (Phi) is 6.03. The van der Waals surface area contributed by atoms with Crippen molar-refractivity contribution in [1.82, 2.24) is 9.88 Å². The van der Waals surface area contributed by atoms with E-state index in [4.69, 9.17) is 38.1 Å². The summed E-state index contributed by atoms with van der Waals surface area (Å²) in [6.07, 6.45) is 2.40. The molecule has 0 radical (unpaired) electrons. The number of benzene rings is 1. The summed E-state index contributed by atoms with van der Waals surface area (Å²) in [6.45, 7) is 1.67. The lowest BCUT2D eigenvalue weighted by atomic mass is 10.1. The van der Waals surface area contributed by atoms with E-state index in [-0.39, 0.29) is 27.5 Å². The van der Waals surface area contributed by atoms with E-state index in [1.165, 1.54) is 28.4 Å². The maximum atomic E-state index is 14.0. The number of rotatable bonds is 5. The molecule has 32 heavy (non-hydrogen) atoms. The predicted molar refractivity (Wildman–Crippen MR) is 125 cm³/mol. The number of aromatic nitrogens is 1. The number of amides is 1. The molecule has 0 aliphatic rings. The molecule has 166 valence electrons. The van der Waals surface area contributed by atoms with Crippen molar-refractivity contribution in [2.24, 2.45) is 0 Å². The number of nitrogens with two attached hydrogens (primary N) is 1. The van der Waals surface area contributed by atoms with Gasteiger partial charge in [-0.1, -0.05) is 23.2 Å². The first-order chi connectivity index (χ1) is 15.2. The molecule has 0 spiro atoms. The van der Waals surface area contributed by atoms with Crippen molar-refractivity contribution in [3.05, 3.63) is 63.0 Å². The molecule has 0 aliphatic heterocycles. The molecule has 0 aliphatic carbocycles. The third-order valence-electron chi connectivity index (χ3n) is 4.87. The van der Waals surface area contributed by atoms with Crippen molar-refractivity contribution in [3.63, 3.8) is 0 Å². The van der Waals surface area contributed by atoms with Gasteiger partial charge in [-0.3, -0.25) is 4.79 Å². The fraction of sp³-hybridized carbons (Fsp3) is 0.182. The van der Waals surface area contributed by atoms with Crippen LogP contribution in [0.25, 0.3) is 21.4 Å². The molecule has 3 heterocycles. The zero-order valence-corrected chi connectivity index (χ0v) is 19.6. The highest BCUT2D eigenvalue weighted by atomic mass is 35.5. The van der Waals surface area contributed by atoms with Crippen LogP contribution in [-0.2, 0) is 0 Å². The lowest BCUT2D eigenvalue weighted by Crippen LogP contribution is -2.20. The van der Waals surface area contributed by atoms with Crippen LogP contribution in [0.4, 0.5) is 10.2 Å². The number of fused-ring (bicyclic) bond motifs is 1. The van der Waals surface area contributed by atoms with Crippen molar-refractivity contribution >= 4 is 57.2 Å². The Morgan fingerprint density at radius 1 is 1.28 bits per heavy atom. The minimum Gasteiger partial charge on any atom is -0.478 e. The van der Waals surface area contributed by atoms with E-state index in [9.17, 15) is 9.18 Å². The van der Waals surface area contributed by atoms with Crippen LogP contribution in [0.5, 0.6) is 5.75 Å². The largest absolute Gasteiger partial charge is 0.478 e. The van der Waals surface area contributed by atoms with Crippen molar-refractivity contribution in [2.45, 2.75) is 13.0 Å². The minimum atomic E-state index is -0.736. The smallest absolute Gasteiger partial charge is 0.263 e. The van der Waals surface area contributed by atoms with Crippen molar-refractivity contribution in [3.8, 4) is 16.2 Å². The van der Waals surface area contributed by atoms with Crippen LogP contribution in [-0.4, -0.2) is 29.9 Å². The summed E-state index contributed by atoms with van der Waals surface area (Å²) in [6, 6.07) is 6.21. The molecule has 1 aromatic carbocycles. The molecule has 3 aromatic heterocycles. The number of ether oxygens (including phenoxy) is 1. The average molecular weight is 494 g/mol. The number of nitrogens with zero attached hydrogens (tertiary/aromatic N) is 2. The summed E-state index contributed by atoms with van der Waals surface area (Å²) in [5, 5.41) is 0.795. The fourth-order valence-corrected chi connectivity index (χ4v) is 4.98. The van der Waals surface area contributed by atoms with Crippen LogP contribution >= 0.6 is 34.5 Å². The number of halogens is 3. The number of carbonyl (C=O) groups is 1. The summed E-state index contributed by atoms with van der Waals surface area (Å²) in [4.78, 5) is 19.4. The number of anilines is 1. The Balaban J connectivity index is 1.74. The van der Waals surface area contributed by atoms with Gasteiger partial charge in [0.1, 0.15) is 18.2 Å². The van der Waals surface area contributed by atoms with Gasteiger partial charge in [0.15, 0.2) is 11.4 Å². The van der Waals surface area contributed by atoms with Crippen LogP contribution in [0.15, 0.2) is 41.1 Å². The van der Waals surface area contributed by atoms with Gasteiger partial charge in [-0.25, -0.2) is 9.37 Å². The van der Waals surface area contributed by atoms with Crippen LogP contribution in [0.1, 0.15) is 28.3 Å². The SMILES string of the molecule is CC(Oc1c(N)ncc2c(-c3ccc(C(=O)N(C)C)s3)coc12)c1c(Cl)ccc(F)c1Cl. The molecular weight excluding hydrogens is 476 g/mol. The second kappa shape index (κ2) is 8.61.